The van der Waals surface area contributed by atoms with Gasteiger partial charge in [0.1, 0.15) is 6.54 Å². The average Bonchev–Trinajstić information content (AvgIpc) is 2.75. The molecule has 1 N–H and O–H groups in total. The zero-order valence-electron chi connectivity index (χ0n) is 17.6. The first-order valence-electron chi connectivity index (χ1n) is 10.2. The molecule has 30 heavy (non-hydrogen) atoms. The quantitative estimate of drug-likeness (QED) is 0.720. The molecule has 1 fully saturated rings. The number of carbonyl (C=O) groups excluding carboxylic acids is 1. The second kappa shape index (κ2) is 10.0. The fourth-order valence-electron chi connectivity index (χ4n) is 3.54. The largest absolute Gasteiger partial charge is 0.330 e. The van der Waals surface area contributed by atoms with Gasteiger partial charge in [-0.2, -0.15) is 4.31 Å². The molecular weight excluding hydrogens is 398 g/mol. The van der Waals surface area contributed by atoms with E-state index in [9.17, 15) is 13.2 Å². The summed E-state index contributed by atoms with van der Waals surface area (Å²) in [7, 11) is -2.20. The summed E-state index contributed by atoms with van der Waals surface area (Å²) in [6, 6.07) is 17.6. The number of aryl methyl sites for hydroxylation is 1. The van der Waals surface area contributed by atoms with Crippen molar-refractivity contribution in [3.63, 3.8) is 0 Å². The van der Waals surface area contributed by atoms with Gasteiger partial charge >= 0.3 is 0 Å². The Bertz CT molecular complexity index is 982. The van der Waals surface area contributed by atoms with Crippen LogP contribution in [0.25, 0.3) is 6.08 Å². The number of piperazine rings is 1. The first-order valence-corrected chi connectivity index (χ1v) is 11.7. The zero-order chi connectivity index (χ0) is 21.6. The van der Waals surface area contributed by atoms with Crippen LogP contribution in [0.1, 0.15) is 16.7 Å². The number of quaternary nitrogens is 1. The molecule has 0 bridgehead atoms. The van der Waals surface area contributed by atoms with Gasteiger partial charge in [0.2, 0.25) is 15.9 Å². The highest BCUT2D eigenvalue weighted by Gasteiger charge is 2.26. The van der Waals surface area contributed by atoms with Crippen molar-refractivity contribution in [1.29, 1.82) is 0 Å². The highest BCUT2D eigenvalue weighted by Crippen LogP contribution is 2.08. The molecule has 6 nitrogen and oxygen atoms in total. The van der Waals surface area contributed by atoms with E-state index in [2.05, 4.69) is 25.1 Å². The van der Waals surface area contributed by atoms with E-state index in [4.69, 9.17) is 0 Å². The Labute approximate surface area is 179 Å². The summed E-state index contributed by atoms with van der Waals surface area (Å²) in [5.74, 6) is -0.149. The van der Waals surface area contributed by atoms with Crippen molar-refractivity contribution < 1.29 is 18.1 Å². The number of sulfonamides is 1. The summed E-state index contributed by atoms with van der Waals surface area (Å²) in [6.07, 6.45) is 1.55. The van der Waals surface area contributed by atoms with E-state index in [0.717, 1.165) is 34.9 Å². The van der Waals surface area contributed by atoms with Crippen molar-refractivity contribution in [1.82, 2.24) is 9.21 Å². The van der Waals surface area contributed by atoms with Crippen LogP contribution in [0.3, 0.4) is 0 Å². The summed E-state index contributed by atoms with van der Waals surface area (Å²) in [4.78, 5) is 15.9. The van der Waals surface area contributed by atoms with Gasteiger partial charge in [-0.1, -0.05) is 54.6 Å². The molecule has 2 aromatic carbocycles. The molecule has 3 rings (SSSR count). The third-order valence-corrected chi connectivity index (χ3v) is 7.03. The first-order chi connectivity index (χ1) is 14.3. The number of carbonyl (C=O) groups is 1. The van der Waals surface area contributed by atoms with E-state index < -0.39 is 10.0 Å². The second-order valence-corrected chi connectivity index (χ2v) is 9.67. The van der Waals surface area contributed by atoms with Gasteiger partial charge in [0, 0.05) is 18.0 Å². The highest BCUT2D eigenvalue weighted by atomic mass is 32.2. The van der Waals surface area contributed by atoms with Crippen LogP contribution in [0.4, 0.5) is 0 Å². The Balaban J connectivity index is 1.50. The van der Waals surface area contributed by atoms with Crippen LogP contribution >= 0.6 is 0 Å². The first kappa shape index (κ1) is 22.2. The summed E-state index contributed by atoms with van der Waals surface area (Å²) >= 11 is 0. The normalized spacial score (nSPS) is 15.8. The lowest BCUT2D eigenvalue weighted by Gasteiger charge is -2.33. The minimum absolute atomic E-state index is 0.144. The molecule has 0 aromatic heterocycles. The van der Waals surface area contributed by atoms with Crippen molar-refractivity contribution in [2.45, 2.75) is 13.5 Å². The van der Waals surface area contributed by atoms with Gasteiger partial charge in [0.25, 0.3) is 0 Å². The van der Waals surface area contributed by atoms with Crippen molar-refractivity contribution >= 4 is 22.0 Å². The molecule has 2 aromatic rings. The van der Waals surface area contributed by atoms with Crippen molar-refractivity contribution in [3.8, 4) is 0 Å². The van der Waals surface area contributed by atoms with Gasteiger partial charge in [0.05, 0.1) is 32.7 Å². The van der Waals surface area contributed by atoms with Gasteiger partial charge in [-0.25, -0.2) is 8.42 Å². The summed E-state index contributed by atoms with van der Waals surface area (Å²) in [5, 5.41) is 1.15. The minimum atomic E-state index is -3.65. The Morgan fingerprint density at radius 2 is 1.70 bits per heavy atom. The molecule has 1 aliphatic rings. The van der Waals surface area contributed by atoms with Crippen LogP contribution in [0.2, 0.25) is 0 Å². The number of hydrogen-bond donors (Lipinski definition) is 1. The summed E-state index contributed by atoms with van der Waals surface area (Å²) in [6.45, 7) is 5.95. The molecule has 0 atom stereocenters. The fraction of sp³-hybridized carbons (Fsp3) is 0.348. The molecular formula is C23H30N3O3S+. The SMILES string of the molecule is Cc1ccccc1C[NH+]1CCN(C(=O)CN(C)S(=O)(=O)/C=C/c2ccccc2)CC1. The maximum absolute atomic E-state index is 12.6. The predicted molar refractivity (Wildman–Crippen MR) is 119 cm³/mol. The fourth-order valence-corrected chi connectivity index (χ4v) is 4.37. The van der Waals surface area contributed by atoms with Crippen LogP contribution in [0.15, 0.2) is 60.0 Å². The number of hydrogen-bond acceptors (Lipinski definition) is 3. The van der Waals surface area contributed by atoms with E-state index >= 15 is 0 Å². The molecule has 1 aliphatic heterocycles. The van der Waals surface area contributed by atoms with E-state index in [-0.39, 0.29) is 12.5 Å². The molecule has 0 unspecified atom stereocenters. The summed E-state index contributed by atoms with van der Waals surface area (Å²) in [5.41, 5.74) is 3.43. The number of nitrogens with zero attached hydrogens (tertiary/aromatic N) is 2. The van der Waals surface area contributed by atoms with Gasteiger partial charge in [0.15, 0.2) is 0 Å². The predicted octanol–water partition coefficient (Wildman–Crippen LogP) is 1.15. The van der Waals surface area contributed by atoms with E-state index in [1.165, 1.54) is 23.1 Å². The molecule has 7 heteroatoms. The molecule has 1 amide bonds. The van der Waals surface area contributed by atoms with Gasteiger partial charge in [-0.3, -0.25) is 4.79 Å². The Morgan fingerprint density at radius 3 is 2.37 bits per heavy atom. The van der Waals surface area contributed by atoms with Crippen LogP contribution in [0.5, 0.6) is 0 Å². The molecule has 1 saturated heterocycles. The van der Waals surface area contributed by atoms with Gasteiger partial charge in [-0.05, 0) is 24.1 Å². The monoisotopic (exact) mass is 428 g/mol. The standard InChI is InChI=1S/C23H29N3O3S/c1-20-8-6-7-11-22(20)18-25-13-15-26(16-14-25)23(27)19-24(2)30(28,29)17-12-21-9-4-3-5-10-21/h3-12,17H,13-16,18-19H2,1-2H3/p+1/b17-12+. The smallest absolute Gasteiger partial charge is 0.238 e. The minimum Gasteiger partial charge on any atom is -0.330 e. The average molecular weight is 429 g/mol. The Kier molecular flexibility index (Phi) is 7.42. The lowest BCUT2D eigenvalue weighted by molar-refractivity contribution is -0.917. The van der Waals surface area contributed by atoms with Gasteiger partial charge < -0.3 is 9.80 Å². The molecule has 0 radical (unpaired) electrons. The van der Waals surface area contributed by atoms with Crippen LogP contribution < -0.4 is 4.90 Å². The lowest BCUT2D eigenvalue weighted by Crippen LogP contribution is -3.13. The lowest BCUT2D eigenvalue weighted by atomic mass is 10.1. The molecule has 160 valence electrons. The van der Waals surface area contributed by atoms with Crippen LogP contribution in [-0.4, -0.2) is 63.3 Å². The zero-order valence-corrected chi connectivity index (χ0v) is 18.4. The van der Waals surface area contributed by atoms with Crippen molar-refractivity contribution in [2.24, 2.45) is 0 Å². The third kappa shape index (κ3) is 6.01. The van der Waals surface area contributed by atoms with Crippen molar-refractivity contribution in [3.05, 3.63) is 76.7 Å². The van der Waals surface area contributed by atoms with Gasteiger partial charge in [-0.15, -0.1) is 0 Å². The molecule has 0 aliphatic carbocycles. The maximum atomic E-state index is 12.6. The highest BCUT2D eigenvalue weighted by molar-refractivity contribution is 7.92. The molecule has 1 heterocycles. The molecule has 0 spiro atoms. The molecule has 0 saturated carbocycles. The van der Waals surface area contributed by atoms with Crippen molar-refractivity contribution in [2.75, 3.05) is 39.8 Å². The Morgan fingerprint density at radius 1 is 1.07 bits per heavy atom. The van der Waals surface area contributed by atoms with E-state index in [1.807, 2.05) is 36.4 Å². The number of benzene rings is 2. The van der Waals surface area contributed by atoms with E-state index in [0.29, 0.717) is 13.1 Å². The van der Waals surface area contributed by atoms with E-state index in [1.54, 1.807) is 11.0 Å². The number of likely N-dealkylation sites (N-methyl/N-ethyl adjacent to an activating group) is 1. The second-order valence-electron chi connectivity index (χ2n) is 7.75. The summed E-state index contributed by atoms with van der Waals surface area (Å²) < 4.78 is 26.1. The topological polar surface area (TPSA) is 62.1 Å². The number of nitrogens with one attached hydrogen (secondary N) is 1. The maximum Gasteiger partial charge on any atom is 0.238 e. The number of rotatable bonds is 7. The third-order valence-electron chi connectivity index (χ3n) is 5.55. The van der Waals surface area contributed by atoms with Crippen LogP contribution in [-0.2, 0) is 21.4 Å². The Hall–Kier alpha value is -2.48. The van der Waals surface area contributed by atoms with Crippen LogP contribution in [0, 0.1) is 6.92 Å². The number of amides is 1.